The Morgan fingerprint density at radius 2 is 2.12 bits per heavy atom. The van der Waals surface area contributed by atoms with Gasteiger partial charge in [0.25, 0.3) is 0 Å². The van der Waals surface area contributed by atoms with Crippen molar-refractivity contribution in [1.29, 1.82) is 0 Å². The molecule has 0 atom stereocenters. The van der Waals surface area contributed by atoms with Crippen LogP contribution in [-0.2, 0) is 4.79 Å². The predicted molar refractivity (Wildman–Crippen MR) is 65.3 cm³/mol. The zero-order valence-electron chi connectivity index (χ0n) is 10.7. The first kappa shape index (κ1) is 12.7. The number of anilines is 1. The third-order valence-corrected chi connectivity index (χ3v) is 2.12. The average molecular weight is 223 g/mol. The van der Waals surface area contributed by atoms with Crippen LogP contribution < -0.4 is 5.32 Å². The Labute approximate surface area is 97.0 Å². The van der Waals surface area contributed by atoms with Crippen LogP contribution in [0.4, 0.5) is 5.82 Å². The smallest absolute Gasteiger partial charge is 0.226 e. The summed E-state index contributed by atoms with van der Waals surface area (Å²) in [5, 5.41) is 7.06. The standard InChI is InChI=1S/C12H21N3O/c1-9(2)15-10(6-7-13-15)14-11(16)8-12(3,4)5/h6-7,9H,8H2,1-5H3,(H,14,16). The molecule has 1 aromatic heterocycles. The fraction of sp³-hybridized carbons (Fsp3) is 0.667. The van der Waals surface area contributed by atoms with Gasteiger partial charge in [-0.2, -0.15) is 5.10 Å². The van der Waals surface area contributed by atoms with Gasteiger partial charge in [0.1, 0.15) is 5.82 Å². The van der Waals surface area contributed by atoms with Crippen LogP contribution in [0, 0.1) is 5.41 Å². The van der Waals surface area contributed by atoms with E-state index in [4.69, 9.17) is 0 Å². The van der Waals surface area contributed by atoms with Crippen LogP contribution in [0.5, 0.6) is 0 Å². The number of hydrogen-bond donors (Lipinski definition) is 1. The summed E-state index contributed by atoms with van der Waals surface area (Å²) in [4.78, 5) is 11.7. The summed E-state index contributed by atoms with van der Waals surface area (Å²) in [7, 11) is 0. The Hall–Kier alpha value is -1.32. The van der Waals surface area contributed by atoms with Crippen molar-refractivity contribution in [2.75, 3.05) is 5.32 Å². The van der Waals surface area contributed by atoms with Gasteiger partial charge < -0.3 is 5.32 Å². The van der Waals surface area contributed by atoms with Crippen molar-refractivity contribution in [3.05, 3.63) is 12.3 Å². The highest BCUT2D eigenvalue weighted by Gasteiger charge is 2.17. The maximum absolute atomic E-state index is 11.7. The Kier molecular flexibility index (Phi) is 3.73. The molecule has 16 heavy (non-hydrogen) atoms. The second kappa shape index (κ2) is 4.68. The maximum atomic E-state index is 11.7. The van der Waals surface area contributed by atoms with Crippen molar-refractivity contribution in [1.82, 2.24) is 9.78 Å². The molecule has 90 valence electrons. The van der Waals surface area contributed by atoms with Gasteiger partial charge in [-0.1, -0.05) is 20.8 Å². The summed E-state index contributed by atoms with van der Waals surface area (Å²) < 4.78 is 1.81. The van der Waals surface area contributed by atoms with E-state index in [1.165, 1.54) is 0 Å². The van der Waals surface area contributed by atoms with Crippen molar-refractivity contribution in [3.63, 3.8) is 0 Å². The van der Waals surface area contributed by atoms with Gasteiger partial charge in [-0.3, -0.25) is 4.79 Å². The summed E-state index contributed by atoms with van der Waals surface area (Å²) >= 11 is 0. The van der Waals surface area contributed by atoms with Crippen LogP contribution in [0.15, 0.2) is 12.3 Å². The lowest BCUT2D eigenvalue weighted by molar-refractivity contribution is -0.117. The summed E-state index contributed by atoms with van der Waals surface area (Å²) in [5.41, 5.74) is 0.00671. The van der Waals surface area contributed by atoms with Crippen LogP contribution in [0.2, 0.25) is 0 Å². The number of carbonyl (C=O) groups is 1. The molecule has 0 bridgehead atoms. The number of nitrogens with zero attached hydrogens (tertiary/aromatic N) is 2. The molecule has 1 heterocycles. The molecule has 1 aromatic rings. The van der Waals surface area contributed by atoms with Gasteiger partial charge in [-0.25, -0.2) is 4.68 Å². The summed E-state index contributed by atoms with van der Waals surface area (Å²) in [5.74, 6) is 0.805. The number of aromatic nitrogens is 2. The van der Waals surface area contributed by atoms with E-state index in [0.717, 1.165) is 5.82 Å². The van der Waals surface area contributed by atoms with Crippen LogP contribution in [0.25, 0.3) is 0 Å². The first-order valence-corrected chi connectivity index (χ1v) is 5.63. The van der Waals surface area contributed by atoms with E-state index in [-0.39, 0.29) is 17.4 Å². The van der Waals surface area contributed by atoms with E-state index in [1.807, 2.05) is 40.7 Å². The number of rotatable bonds is 3. The van der Waals surface area contributed by atoms with E-state index in [0.29, 0.717) is 6.42 Å². The fourth-order valence-electron chi connectivity index (χ4n) is 1.49. The van der Waals surface area contributed by atoms with Crippen molar-refractivity contribution in [2.24, 2.45) is 5.41 Å². The molecule has 0 saturated heterocycles. The molecule has 0 spiro atoms. The highest BCUT2D eigenvalue weighted by Crippen LogP contribution is 2.20. The van der Waals surface area contributed by atoms with Gasteiger partial charge in [-0.15, -0.1) is 0 Å². The molecule has 1 amide bonds. The fourth-order valence-corrected chi connectivity index (χ4v) is 1.49. The van der Waals surface area contributed by atoms with Gasteiger partial charge in [-0.05, 0) is 19.3 Å². The van der Waals surface area contributed by atoms with Crippen LogP contribution >= 0.6 is 0 Å². The molecule has 4 heteroatoms. The van der Waals surface area contributed by atoms with Gasteiger partial charge in [0.05, 0.1) is 6.20 Å². The van der Waals surface area contributed by atoms with Crippen molar-refractivity contribution < 1.29 is 4.79 Å². The topological polar surface area (TPSA) is 46.9 Å². The molecule has 0 fully saturated rings. The van der Waals surface area contributed by atoms with E-state index in [9.17, 15) is 4.79 Å². The Morgan fingerprint density at radius 1 is 1.50 bits per heavy atom. The van der Waals surface area contributed by atoms with Gasteiger partial charge >= 0.3 is 0 Å². The van der Waals surface area contributed by atoms with Gasteiger partial charge in [0.2, 0.25) is 5.91 Å². The van der Waals surface area contributed by atoms with E-state index >= 15 is 0 Å². The predicted octanol–water partition coefficient (Wildman–Crippen LogP) is 2.84. The van der Waals surface area contributed by atoms with Crippen LogP contribution in [0.1, 0.15) is 47.1 Å². The molecular formula is C12H21N3O. The van der Waals surface area contributed by atoms with Crippen LogP contribution in [0.3, 0.4) is 0 Å². The van der Waals surface area contributed by atoms with Crippen molar-refractivity contribution in [3.8, 4) is 0 Å². The summed E-state index contributed by atoms with van der Waals surface area (Å²) in [6, 6.07) is 2.07. The number of nitrogens with one attached hydrogen (secondary N) is 1. The molecule has 0 radical (unpaired) electrons. The monoisotopic (exact) mass is 223 g/mol. The largest absolute Gasteiger partial charge is 0.311 e. The molecule has 4 nitrogen and oxygen atoms in total. The number of hydrogen-bond acceptors (Lipinski definition) is 2. The van der Waals surface area contributed by atoms with E-state index in [2.05, 4.69) is 10.4 Å². The first-order chi connectivity index (χ1) is 7.29. The normalized spacial score (nSPS) is 11.9. The van der Waals surface area contributed by atoms with E-state index < -0.39 is 0 Å². The molecule has 0 unspecified atom stereocenters. The third kappa shape index (κ3) is 3.68. The van der Waals surface area contributed by atoms with Gasteiger partial charge in [0.15, 0.2) is 0 Å². The first-order valence-electron chi connectivity index (χ1n) is 5.63. The lowest BCUT2D eigenvalue weighted by Gasteiger charge is -2.18. The lowest BCUT2D eigenvalue weighted by Crippen LogP contribution is -2.21. The molecule has 0 saturated carbocycles. The lowest BCUT2D eigenvalue weighted by atomic mass is 9.92. The minimum absolute atomic E-state index is 0.00671. The second-order valence-corrected chi connectivity index (χ2v) is 5.54. The molecule has 1 rings (SSSR count). The molecule has 0 aliphatic heterocycles. The minimum Gasteiger partial charge on any atom is -0.311 e. The summed E-state index contributed by atoms with van der Waals surface area (Å²) in [6.07, 6.45) is 2.21. The average Bonchev–Trinajstić information content (AvgIpc) is 2.47. The molecule has 0 aliphatic rings. The molecular weight excluding hydrogens is 202 g/mol. The zero-order chi connectivity index (χ0) is 12.3. The maximum Gasteiger partial charge on any atom is 0.226 e. The van der Waals surface area contributed by atoms with Gasteiger partial charge in [0, 0.05) is 18.5 Å². The van der Waals surface area contributed by atoms with E-state index in [1.54, 1.807) is 10.9 Å². The number of amides is 1. The molecule has 1 N–H and O–H groups in total. The Bertz CT molecular complexity index is 361. The van der Waals surface area contributed by atoms with Crippen molar-refractivity contribution in [2.45, 2.75) is 47.1 Å². The Balaban J connectivity index is 2.67. The molecule has 0 aromatic carbocycles. The highest BCUT2D eigenvalue weighted by molar-refractivity contribution is 5.90. The molecule has 0 aliphatic carbocycles. The SMILES string of the molecule is CC(C)n1nccc1NC(=O)CC(C)(C)C. The second-order valence-electron chi connectivity index (χ2n) is 5.54. The summed E-state index contributed by atoms with van der Waals surface area (Å²) in [6.45, 7) is 10.2. The number of carbonyl (C=O) groups excluding carboxylic acids is 1. The quantitative estimate of drug-likeness (QED) is 0.856. The van der Waals surface area contributed by atoms with Crippen molar-refractivity contribution >= 4 is 11.7 Å². The van der Waals surface area contributed by atoms with Crippen LogP contribution in [-0.4, -0.2) is 15.7 Å². The third-order valence-electron chi connectivity index (χ3n) is 2.12. The zero-order valence-corrected chi connectivity index (χ0v) is 10.7. The minimum atomic E-state index is 0.00671. The Morgan fingerprint density at radius 3 is 2.62 bits per heavy atom. The highest BCUT2D eigenvalue weighted by atomic mass is 16.1.